The number of alkyl halides is 1. The monoisotopic (exact) mass is 191 g/mol. The smallest absolute Gasteiger partial charge is 0.142 e. The fraction of sp³-hybridized carbons (Fsp3) is 0.250. The van der Waals surface area contributed by atoms with Crippen molar-refractivity contribution < 1.29 is 8.78 Å². The molecule has 0 bridgehead atoms. The van der Waals surface area contributed by atoms with E-state index >= 15 is 0 Å². The van der Waals surface area contributed by atoms with Crippen LogP contribution in [0, 0.1) is 5.82 Å². The van der Waals surface area contributed by atoms with Crippen LogP contribution in [0.3, 0.4) is 0 Å². The van der Waals surface area contributed by atoms with Crippen molar-refractivity contribution in [3.8, 4) is 0 Å². The molecule has 4 heteroatoms. The molecule has 0 aliphatic carbocycles. The standard InChI is InChI=1S/C8H8ClF2N/c9-6-2-1-5(3-7(6)10)8(11)4-12/h1-3,8H,4,12H2. The van der Waals surface area contributed by atoms with E-state index in [1.807, 2.05) is 0 Å². The fourth-order valence-electron chi connectivity index (χ4n) is 0.843. The maximum absolute atomic E-state index is 12.8. The summed E-state index contributed by atoms with van der Waals surface area (Å²) in [6.45, 7) is -0.152. The maximum Gasteiger partial charge on any atom is 0.142 e. The summed E-state index contributed by atoms with van der Waals surface area (Å²) in [5, 5.41) is -0.0111. The molecule has 1 unspecified atom stereocenters. The third-order valence-electron chi connectivity index (χ3n) is 1.51. The van der Waals surface area contributed by atoms with E-state index < -0.39 is 12.0 Å². The van der Waals surface area contributed by atoms with E-state index in [2.05, 4.69) is 0 Å². The van der Waals surface area contributed by atoms with Crippen molar-refractivity contribution in [3.63, 3.8) is 0 Å². The highest BCUT2D eigenvalue weighted by atomic mass is 35.5. The topological polar surface area (TPSA) is 26.0 Å². The van der Waals surface area contributed by atoms with Gasteiger partial charge in [-0.1, -0.05) is 17.7 Å². The van der Waals surface area contributed by atoms with Gasteiger partial charge in [-0.2, -0.15) is 0 Å². The molecule has 0 saturated heterocycles. The molecule has 1 aromatic carbocycles. The quantitative estimate of drug-likeness (QED) is 0.764. The zero-order chi connectivity index (χ0) is 9.14. The summed E-state index contributed by atoms with van der Waals surface area (Å²) in [5.74, 6) is -0.620. The first-order valence-electron chi connectivity index (χ1n) is 3.44. The van der Waals surface area contributed by atoms with Crippen LogP contribution in [0.4, 0.5) is 8.78 Å². The zero-order valence-electron chi connectivity index (χ0n) is 6.23. The summed E-state index contributed by atoms with van der Waals surface area (Å²) in [5.41, 5.74) is 5.28. The lowest BCUT2D eigenvalue weighted by atomic mass is 10.1. The average Bonchev–Trinajstić information content (AvgIpc) is 2.08. The Balaban J connectivity index is 2.96. The minimum atomic E-state index is -1.32. The molecule has 0 aromatic heterocycles. The first kappa shape index (κ1) is 9.42. The number of halogens is 3. The van der Waals surface area contributed by atoms with Crippen molar-refractivity contribution in [3.05, 3.63) is 34.6 Å². The van der Waals surface area contributed by atoms with Gasteiger partial charge in [0.1, 0.15) is 12.0 Å². The van der Waals surface area contributed by atoms with Crippen LogP contribution in [0.25, 0.3) is 0 Å². The van der Waals surface area contributed by atoms with E-state index in [9.17, 15) is 8.78 Å². The van der Waals surface area contributed by atoms with Crippen LogP contribution in [0.5, 0.6) is 0 Å². The van der Waals surface area contributed by atoms with E-state index in [0.29, 0.717) is 0 Å². The minimum absolute atomic E-state index is 0.0111. The van der Waals surface area contributed by atoms with Crippen LogP contribution >= 0.6 is 11.6 Å². The molecule has 1 atom stereocenters. The molecular weight excluding hydrogens is 184 g/mol. The summed E-state index contributed by atoms with van der Waals surface area (Å²) >= 11 is 5.40. The van der Waals surface area contributed by atoms with Gasteiger partial charge in [-0.25, -0.2) is 8.78 Å². The molecule has 0 saturated carbocycles. The van der Waals surface area contributed by atoms with Crippen molar-refractivity contribution in [1.82, 2.24) is 0 Å². The Morgan fingerprint density at radius 1 is 1.50 bits per heavy atom. The van der Waals surface area contributed by atoms with Crippen LogP contribution in [0.15, 0.2) is 18.2 Å². The van der Waals surface area contributed by atoms with Crippen LogP contribution in [-0.4, -0.2) is 6.54 Å². The highest BCUT2D eigenvalue weighted by Gasteiger charge is 2.09. The molecule has 1 nitrogen and oxygen atoms in total. The second kappa shape index (κ2) is 3.83. The summed E-state index contributed by atoms with van der Waals surface area (Å²) in [7, 11) is 0. The van der Waals surface area contributed by atoms with Crippen molar-refractivity contribution in [2.75, 3.05) is 6.54 Å². The predicted molar refractivity (Wildman–Crippen MR) is 44.3 cm³/mol. The molecular formula is C8H8ClF2N. The molecule has 0 amide bonds. The maximum atomic E-state index is 12.8. The van der Waals surface area contributed by atoms with Gasteiger partial charge in [0.15, 0.2) is 0 Å². The Bertz CT molecular complexity index is 278. The van der Waals surface area contributed by atoms with E-state index in [1.165, 1.54) is 12.1 Å². The summed E-state index contributed by atoms with van der Waals surface area (Å²) in [6, 6.07) is 3.79. The number of rotatable bonds is 2. The molecule has 0 heterocycles. The van der Waals surface area contributed by atoms with Crippen LogP contribution in [0.2, 0.25) is 5.02 Å². The van der Waals surface area contributed by atoms with Gasteiger partial charge in [0.25, 0.3) is 0 Å². The lowest BCUT2D eigenvalue weighted by Crippen LogP contribution is -2.07. The second-order valence-corrected chi connectivity index (χ2v) is 2.78. The highest BCUT2D eigenvalue weighted by molar-refractivity contribution is 6.30. The third kappa shape index (κ3) is 1.93. The van der Waals surface area contributed by atoms with Gasteiger partial charge in [0, 0.05) is 6.54 Å². The van der Waals surface area contributed by atoms with E-state index in [-0.39, 0.29) is 17.1 Å². The Morgan fingerprint density at radius 2 is 2.17 bits per heavy atom. The zero-order valence-corrected chi connectivity index (χ0v) is 6.98. The first-order chi connectivity index (χ1) is 5.65. The van der Waals surface area contributed by atoms with Crippen molar-refractivity contribution >= 4 is 11.6 Å². The van der Waals surface area contributed by atoms with Gasteiger partial charge in [-0.3, -0.25) is 0 Å². The molecule has 0 spiro atoms. The SMILES string of the molecule is NCC(F)c1ccc(Cl)c(F)c1. The number of nitrogens with two attached hydrogens (primary N) is 1. The summed E-state index contributed by atoms with van der Waals surface area (Å²) < 4.78 is 25.6. The molecule has 2 N–H and O–H groups in total. The number of hydrogen-bond acceptors (Lipinski definition) is 1. The van der Waals surface area contributed by atoms with E-state index in [1.54, 1.807) is 0 Å². The highest BCUT2D eigenvalue weighted by Crippen LogP contribution is 2.21. The van der Waals surface area contributed by atoms with Crippen molar-refractivity contribution in [2.45, 2.75) is 6.17 Å². The largest absolute Gasteiger partial charge is 0.327 e. The van der Waals surface area contributed by atoms with Crippen molar-refractivity contribution in [1.29, 1.82) is 0 Å². The molecule has 0 aliphatic heterocycles. The summed E-state index contributed by atoms with van der Waals surface area (Å²) in [4.78, 5) is 0. The van der Waals surface area contributed by atoms with Gasteiger partial charge in [0.05, 0.1) is 5.02 Å². The predicted octanol–water partition coefficient (Wildman–Crippen LogP) is 2.45. The Labute approximate surface area is 74.1 Å². The minimum Gasteiger partial charge on any atom is -0.327 e. The molecule has 12 heavy (non-hydrogen) atoms. The number of hydrogen-bond donors (Lipinski definition) is 1. The first-order valence-corrected chi connectivity index (χ1v) is 3.82. The van der Waals surface area contributed by atoms with Gasteiger partial charge < -0.3 is 5.73 Å². The van der Waals surface area contributed by atoms with Crippen LogP contribution in [0.1, 0.15) is 11.7 Å². The number of benzene rings is 1. The molecule has 66 valence electrons. The van der Waals surface area contributed by atoms with E-state index in [4.69, 9.17) is 17.3 Å². The Hall–Kier alpha value is -0.670. The third-order valence-corrected chi connectivity index (χ3v) is 1.82. The normalized spacial score (nSPS) is 13.0. The molecule has 0 radical (unpaired) electrons. The van der Waals surface area contributed by atoms with Gasteiger partial charge in [0.2, 0.25) is 0 Å². The molecule has 1 aromatic rings. The van der Waals surface area contributed by atoms with Crippen LogP contribution in [-0.2, 0) is 0 Å². The second-order valence-electron chi connectivity index (χ2n) is 2.38. The Morgan fingerprint density at radius 3 is 2.67 bits per heavy atom. The van der Waals surface area contributed by atoms with Gasteiger partial charge in [-0.15, -0.1) is 0 Å². The Kier molecular flexibility index (Phi) is 3.00. The lowest BCUT2D eigenvalue weighted by molar-refractivity contribution is 0.351. The van der Waals surface area contributed by atoms with Gasteiger partial charge in [-0.05, 0) is 17.7 Å². The molecule has 0 aliphatic rings. The summed E-state index contributed by atoms with van der Waals surface area (Å²) in [6.07, 6.45) is -1.32. The van der Waals surface area contributed by atoms with Gasteiger partial charge >= 0.3 is 0 Å². The molecule has 1 rings (SSSR count). The average molecular weight is 192 g/mol. The lowest BCUT2D eigenvalue weighted by Gasteiger charge is -2.05. The van der Waals surface area contributed by atoms with Crippen LogP contribution < -0.4 is 5.73 Å². The van der Waals surface area contributed by atoms with E-state index in [0.717, 1.165) is 6.07 Å². The molecule has 0 fully saturated rings. The van der Waals surface area contributed by atoms with Crippen molar-refractivity contribution in [2.24, 2.45) is 5.73 Å². The fourth-order valence-corrected chi connectivity index (χ4v) is 0.961.